The van der Waals surface area contributed by atoms with Crippen LogP contribution < -0.4 is 11.1 Å². The maximum atomic E-state index is 5.70. The van der Waals surface area contributed by atoms with Crippen molar-refractivity contribution in [2.45, 2.75) is 6.17 Å². The monoisotopic (exact) mass is 185 g/mol. The number of rotatable bonds is 0. The maximum Gasteiger partial charge on any atom is 0.199 e. The molecule has 12 heavy (non-hydrogen) atoms. The highest BCUT2D eigenvalue weighted by Gasteiger charge is 2.21. The first kappa shape index (κ1) is 7.57. The van der Waals surface area contributed by atoms with Crippen LogP contribution in [-0.4, -0.2) is 14.8 Å². The van der Waals surface area contributed by atoms with Crippen molar-refractivity contribution in [1.82, 2.24) is 14.9 Å². The summed E-state index contributed by atoms with van der Waals surface area (Å²) < 4.78 is 1.78. The van der Waals surface area contributed by atoms with E-state index in [1.54, 1.807) is 10.9 Å². The molecule has 0 radical (unpaired) electrons. The Morgan fingerprint density at radius 2 is 2.50 bits per heavy atom. The molecule has 1 aromatic rings. The fraction of sp³-hybridized carbons (Fsp3) is 0.333. The van der Waals surface area contributed by atoms with E-state index < -0.39 is 0 Å². The van der Waals surface area contributed by atoms with Crippen LogP contribution in [0.1, 0.15) is 11.9 Å². The van der Waals surface area contributed by atoms with E-state index in [-0.39, 0.29) is 6.17 Å². The molecule has 1 atom stereocenters. The van der Waals surface area contributed by atoms with Gasteiger partial charge in [0.25, 0.3) is 0 Å². The molecule has 1 aromatic heterocycles. The third-order valence-corrected chi connectivity index (χ3v) is 1.90. The number of aliphatic imine (C=N–C) groups is 1. The predicted octanol–water partition coefficient (Wildman–Crippen LogP) is 0.207. The molecule has 0 bridgehead atoms. The number of amidine groups is 1. The third kappa shape index (κ3) is 0.981. The van der Waals surface area contributed by atoms with Gasteiger partial charge in [-0.3, -0.25) is 0 Å². The lowest BCUT2D eigenvalue weighted by molar-refractivity contribution is 0.656. The van der Waals surface area contributed by atoms with Crippen LogP contribution in [0.2, 0.25) is 0 Å². The molecule has 0 aliphatic carbocycles. The molecule has 5 nitrogen and oxygen atoms in total. The molecule has 0 fully saturated rings. The number of nitrogens with zero attached hydrogens (tertiary/aromatic N) is 3. The van der Waals surface area contributed by atoms with Gasteiger partial charge in [-0.25, -0.2) is 9.98 Å². The van der Waals surface area contributed by atoms with Gasteiger partial charge in [0, 0.05) is 7.05 Å². The van der Waals surface area contributed by atoms with E-state index >= 15 is 0 Å². The average molecular weight is 186 g/mol. The lowest BCUT2D eigenvalue weighted by Crippen LogP contribution is -2.34. The van der Waals surface area contributed by atoms with Gasteiger partial charge >= 0.3 is 0 Å². The highest BCUT2D eigenvalue weighted by atomic mass is 35.5. The third-order valence-electron chi connectivity index (χ3n) is 1.71. The summed E-state index contributed by atoms with van der Waals surface area (Å²) in [5.41, 5.74) is 6.42. The molecule has 0 saturated carbocycles. The van der Waals surface area contributed by atoms with Crippen molar-refractivity contribution in [3.63, 3.8) is 0 Å². The smallest absolute Gasteiger partial charge is 0.199 e. The van der Waals surface area contributed by atoms with Crippen molar-refractivity contribution >= 4 is 22.7 Å². The van der Waals surface area contributed by atoms with Crippen molar-refractivity contribution in [2.24, 2.45) is 17.8 Å². The number of imidazole rings is 1. The SMILES string of the molecule is Cn1cnc2c1N=C(Cl)NC2N. The molecule has 2 heterocycles. The van der Waals surface area contributed by atoms with E-state index in [2.05, 4.69) is 15.3 Å². The van der Waals surface area contributed by atoms with Gasteiger partial charge in [0.2, 0.25) is 0 Å². The number of fused-ring (bicyclic) bond motifs is 1. The summed E-state index contributed by atoms with van der Waals surface area (Å²) in [5, 5.41) is 3.07. The summed E-state index contributed by atoms with van der Waals surface area (Å²) in [5.74, 6) is 0.714. The maximum absolute atomic E-state index is 5.70. The number of nitrogens with one attached hydrogen (secondary N) is 1. The molecule has 1 aliphatic heterocycles. The number of nitrogens with two attached hydrogens (primary N) is 1. The second-order valence-corrected chi connectivity index (χ2v) is 2.95. The summed E-state index contributed by atoms with van der Waals surface area (Å²) in [6.07, 6.45) is 1.30. The Hall–Kier alpha value is -1.07. The van der Waals surface area contributed by atoms with Gasteiger partial charge in [-0.05, 0) is 11.6 Å². The predicted molar refractivity (Wildman–Crippen MR) is 46.2 cm³/mol. The Balaban J connectivity index is 2.57. The molecule has 2 rings (SSSR count). The Labute approximate surface area is 74.2 Å². The zero-order chi connectivity index (χ0) is 8.72. The minimum absolute atomic E-state index is 0.304. The molecule has 6 heteroatoms. The first-order valence-electron chi connectivity index (χ1n) is 3.46. The number of aryl methyl sites for hydroxylation is 1. The minimum atomic E-state index is -0.355. The van der Waals surface area contributed by atoms with Crippen LogP contribution in [0.15, 0.2) is 11.3 Å². The van der Waals surface area contributed by atoms with Gasteiger partial charge in [-0.2, -0.15) is 0 Å². The van der Waals surface area contributed by atoms with E-state index in [1.165, 1.54) is 0 Å². The summed E-state index contributed by atoms with van der Waals surface area (Å²) in [6.45, 7) is 0. The molecule has 1 unspecified atom stereocenters. The molecular weight excluding hydrogens is 178 g/mol. The molecule has 3 N–H and O–H groups in total. The summed E-state index contributed by atoms with van der Waals surface area (Å²) in [6, 6.07) is 0. The van der Waals surface area contributed by atoms with Crippen LogP contribution in [0.25, 0.3) is 0 Å². The van der Waals surface area contributed by atoms with Crippen LogP contribution in [0.3, 0.4) is 0 Å². The van der Waals surface area contributed by atoms with E-state index in [4.69, 9.17) is 17.3 Å². The second-order valence-electron chi connectivity index (χ2n) is 2.59. The van der Waals surface area contributed by atoms with Crippen LogP contribution in [-0.2, 0) is 7.05 Å². The molecule has 0 saturated heterocycles. The lowest BCUT2D eigenvalue weighted by Gasteiger charge is -2.16. The van der Waals surface area contributed by atoms with Crippen molar-refractivity contribution in [2.75, 3.05) is 0 Å². The molecule has 64 valence electrons. The summed E-state index contributed by atoms with van der Waals surface area (Å²) in [4.78, 5) is 8.13. The highest BCUT2D eigenvalue weighted by Crippen LogP contribution is 2.24. The number of hydrogen-bond donors (Lipinski definition) is 2. The van der Waals surface area contributed by atoms with Gasteiger partial charge in [0.1, 0.15) is 11.9 Å². The van der Waals surface area contributed by atoms with Crippen molar-refractivity contribution in [1.29, 1.82) is 0 Å². The van der Waals surface area contributed by atoms with Gasteiger partial charge in [0.15, 0.2) is 11.1 Å². The molecular formula is C6H8ClN5. The first-order chi connectivity index (χ1) is 5.68. The quantitative estimate of drug-likeness (QED) is 0.568. The molecule has 0 aromatic carbocycles. The van der Waals surface area contributed by atoms with Gasteiger partial charge in [0.05, 0.1) is 6.33 Å². The fourth-order valence-corrected chi connectivity index (χ4v) is 1.32. The van der Waals surface area contributed by atoms with Crippen molar-refractivity contribution in [3.05, 3.63) is 12.0 Å². The van der Waals surface area contributed by atoms with Gasteiger partial charge in [-0.15, -0.1) is 0 Å². The second kappa shape index (κ2) is 2.46. The Morgan fingerprint density at radius 3 is 3.25 bits per heavy atom. The van der Waals surface area contributed by atoms with Crippen LogP contribution >= 0.6 is 11.6 Å². The van der Waals surface area contributed by atoms with Crippen LogP contribution in [0.5, 0.6) is 0 Å². The van der Waals surface area contributed by atoms with Crippen LogP contribution in [0.4, 0.5) is 5.82 Å². The zero-order valence-electron chi connectivity index (χ0n) is 6.45. The number of halogens is 1. The van der Waals surface area contributed by atoms with Crippen LogP contribution in [0, 0.1) is 0 Å². The summed E-state index contributed by atoms with van der Waals surface area (Å²) in [7, 11) is 1.84. The van der Waals surface area contributed by atoms with Gasteiger partial charge < -0.3 is 15.6 Å². The van der Waals surface area contributed by atoms with Crippen molar-refractivity contribution in [3.8, 4) is 0 Å². The average Bonchev–Trinajstić information content (AvgIpc) is 2.33. The standard InChI is InChI=1S/C6H8ClN5/c1-12-2-9-3-4(8)10-6(7)11-5(3)12/h2,4H,8H2,1H3,(H,10,11). The summed E-state index contributed by atoms with van der Waals surface area (Å²) >= 11 is 5.69. The largest absolute Gasteiger partial charge is 0.340 e. The fourth-order valence-electron chi connectivity index (χ4n) is 1.12. The zero-order valence-corrected chi connectivity index (χ0v) is 7.21. The topological polar surface area (TPSA) is 68.2 Å². The Bertz CT molecular complexity index is 342. The molecule has 0 spiro atoms. The van der Waals surface area contributed by atoms with E-state index in [1.807, 2.05) is 7.05 Å². The van der Waals surface area contributed by atoms with Crippen molar-refractivity contribution < 1.29 is 0 Å². The normalized spacial score (nSPS) is 21.2. The number of hydrogen-bond acceptors (Lipinski definition) is 4. The Morgan fingerprint density at radius 1 is 1.75 bits per heavy atom. The number of aromatic nitrogens is 2. The molecule has 1 aliphatic rings. The van der Waals surface area contributed by atoms with Gasteiger partial charge in [-0.1, -0.05) is 0 Å². The lowest BCUT2D eigenvalue weighted by atomic mass is 10.3. The van der Waals surface area contributed by atoms with E-state index in [0.717, 1.165) is 5.69 Å². The highest BCUT2D eigenvalue weighted by molar-refractivity contribution is 6.65. The Kier molecular flexibility index (Phi) is 1.55. The minimum Gasteiger partial charge on any atom is -0.340 e. The molecule has 0 amide bonds. The van der Waals surface area contributed by atoms with E-state index in [9.17, 15) is 0 Å². The first-order valence-corrected chi connectivity index (χ1v) is 3.84. The van der Waals surface area contributed by atoms with E-state index in [0.29, 0.717) is 11.1 Å².